The quantitative estimate of drug-likeness (QED) is 0.348. The number of alkyl halides is 12. The van der Waals surface area contributed by atoms with Gasteiger partial charge in [-0.25, -0.2) is 24.0 Å². The van der Waals surface area contributed by atoms with E-state index in [1.165, 1.54) is 0 Å². The summed E-state index contributed by atoms with van der Waals surface area (Å²) in [5.41, 5.74) is -5.24. The van der Waals surface area contributed by atoms with Crippen molar-refractivity contribution in [3.8, 4) is 0 Å². The Kier molecular flexibility index (Phi) is 6.36. The zero-order chi connectivity index (χ0) is 21.2. The minimum atomic E-state index is -7.85. The second-order valence-electron chi connectivity index (χ2n) is 4.58. The predicted molar refractivity (Wildman–Crippen MR) is 55.7 cm³/mol. The molecule has 0 aliphatic rings. The Balaban J connectivity index is 6.50. The normalized spacial score (nSPS) is 16.3. The number of nitrogens with zero attached hydrogens (tertiary/aromatic N) is 2. The first-order chi connectivity index (χ1) is 11.4. The monoisotopic (exact) mass is 412 g/mol. The molecule has 0 bridgehead atoms. The van der Waals surface area contributed by atoms with E-state index in [0.29, 0.717) is 12.2 Å². The Morgan fingerprint density at radius 3 is 1.12 bits per heavy atom. The minimum absolute atomic E-state index is 0.318. The number of hydrogen-bond acceptors (Lipinski definition) is 4. The van der Waals surface area contributed by atoms with Crippen LogP contribution in [0.25, 0.3) is 0 Å². The fraction of sp³-hybridized carbons (Fsp3) is 0.800. The highest BCUT2D eigenvalue weighted by Gasteiger charge is 2.90. The van der Waals surface area contributed by atoms with Crippen molar-refractivity contribution in [3.05, 3.63) is 0 Å². The van der Waals surface area contributed by atoms with Gasteiger partial charge in [0.05, 0.1) is 13.1 Å². The number of rotatable bonds is 8. The molecule has 4 nitrogen and oxygen atoms in total. The highest BCUT2D eigenvalue weighted by molar-refractivity contribution is 5.35. The molecule has 16 heteroatoms. The van der Waals surface area contributed by atoms with Crippen LogP contribution in [-0.4, -0.2) is 60.8 Å². The Morgan fingerprint density at radius 2 is 0.846 bits per heavy atom. The molecular formula is C10H4F12N2O2. The van der Waals surface area contributed by atoms with Crippen LogP contribution in [0.15, 0.2) is 9.98 Å². The number of aliphatic imine (C=N–C) groups is 2. The highest BCUT2D eigenvalue weighted by atomic mass is 19.4. The molecule has 0 spiro atoms. The molecular weight excluding hydrogens is 408 g/mol. The van der Waals surface area contributed by atoms with E-state index in [9.17, 15) is 62.3 Å². The molecule has 0 atom stereocenters. The van der Waals surface area contributed by atoms with E-state index in [-0.39, 0.29) is 0 Å². The molecule has 0 unspecified atom stereocenters. The van der Waals surface area contributed by atoms with E-state index in [0.717, 1.165) is 0 Å². The van der Waals surface area contributed by atoms with Gasteiger partial charge >= 0.3 is 29.9 Å². The van der Waals surface area contributed by atoms with Crippen molar-refractivity contribution in [2.75, 3.05) is 13.1 Å². The largest absolute Gasteiger partial charge is 0.460 e. The van der Waals surface area contributed by atoms with Gasteiger partial charge in [0.25, 0.3) is 0 Å². The van der Waals surface area contributed by atoms with Gasteiger partial charge in [-0.2, -0.15) is 48.3 Å². The molecule has 0 amide bonds. The molecule has 0 aliphatic carbocycles. The number of hydrogen-bond donors (Lipinski definition) is 0. The number of halogens is 12. The Labute approximate surface area is 134 Å². The first kappa shape index (κ1) is 23.9. The van der Waals surface area contributed by atoms with E-state index in [4.69, 9.17) is 0 Å². The van der Waals surface area contributed by atoms with Gasteiger partial charge in [0.2, 0.25) is 17.8 Å². The van der Waals surface area contributed by atoms with E-state index in [1.807, 2.05) is 9.98 Å². The predicted octanol–water partition coefficient (Wildman–Crippen LogP) is 3.47. The molecule has 0 fully saturated rings. The third-order valence-electron chi connectivity index (χ3n) is 2.89. The van der Waals surface area contributed by atoms with Crippen molar-refractivity contribution in [3.63, 3.8) is 0 Å². The standard InChI is InChI=1S/C10H4F12N2O2/c11-5(1-23-3-25,2-24-4-26)6(12,13)7(14,15)8(16,17)9(18,19)10(20,21)22/h1-2H2. The van der Waals surface area contributed by atoms with Crippen molar-refractivity contribution in [1.82, 2.24) is 0 Å². The van der Waals surface area contributed by atoms with Gasteiger partial charge in [-0.3, -0.25) is 0 Å². The molecule has 0 N–H and O–H groups in total. The van der Waals surface area contributed by atoms with Crippen molar-refractivity contribution in [2.24, 2.45) is 9.98 Å². The fourth-order valence-corrected chi connectivity index (χ4v) is 1.42. The van der Waals surface area contributed by atoms with E-state index in [2.05, 4.69) is 0 Å². The second kappa shape index (κ2) is 6.91. The first-order valence-corrected chi connectivity index (χ1v) is 5.71. The molecule has 0 radical (unpaired) electrons. The zero-order valence-electron chi connectivity index (χ0n) is 11.7. The maximum atomic E-state index is 14.0. The van der Waals surface area contributed by atoms with Gasteiger partial charge in [-0.15, -0.1) is 0 Å². The highest BCUT2D eigenvalue weighted by Crippen LogP contribution is 2.59. The lowest BCUT2D eigenvalue weighted by Crippen LogP contribution is -2.71. The summed E-state index contributed by atoms with van der Waals surface area (Å²) in [6, 6.07) is 0. The van der Waals surface area contributed by atoms with Gasteiger partial charge in [0.15, 0.2) is 0 Å². The molecule has 0 saturated heterocycles. The molecule has 0 aromatic carbocycles. The number of carbonyl (C=O) groups excluding carboxylic acids is 2. The smallest absolute Gasteiger partial charge is 0.233 e. The summed E-state index contributed by atoms with van der Waals surface area (Å²) < 4.78 is 155. The molecule has 0 rings (SSSR count). The lowest BCUT2D eigenvalue weighted by atomic mass is 9.86. The molecule has 0 saturated carbocycles. The topological polar surface area (TPSA) is 58.9 Å². The van der Waals surface area contributed by atoms with Gasteiger partial charge in [0.1, 0.15) is 0 Å². The summed E-state index contributed by atoms with van der Waals surface area (Å²) in [7, 11) is 0. The van der Waals surface area contributed by atoms with Gasteiger partial charge in [-0.1, -0.05) is 0 Å². The van der Waals surface area contributed by atoms with Crippen LogP contribution >= 0.6 is 0 Å². The molecule has 0 heterocycles. The third kappa shape index (κ3) is 3.43. The van der Waals surface area contributed by atoms with Crippen LogP contribution in [0.2, 0.25) is 0 Å². The summed E-state index contributed by atoms with van der Waals surface area (Å²) in [6.07, 6.45) is -6.78. The lowest BCUT2D eigenvalue weighted by Gasteiger charge is -2.41. The molecule has 0 aliphatic heterocycles. The van der Waals surface area contributed by atoms with Crippen molar-refractivity contribution in [2.45, 2.75) is 35.5 Å². The van der Waals surface area contributed by atoms with Gasteiger partial charge in [-0.05, 0) is 0 Å². The SMILES string of the molecule is O=C=NCC(F)(CN=C=O)C(F)(F)C(F)(F)C(F)(F)C(F)(F)C(F)(F)F. The maximum absolute atomic E-state index is 14.0. The summed E-state index contributed by atoms with van der Waals surface area (Å²) >= 11 is 0. The van der Waals surface area contributed by atoms with Crippen LogP contribution in [0.5, 0.6) is 0 Å². The minimum Gasteiger partial charge on any atom is -0.233 e. The van der Waals surface area contributed by atoms with Crippen LogP contribution in [0.4, 0.5) is 52.7 Å². The Morgan fingerprint density at radius 1 is 0.538 bits per heavy atom. The van der Waals surface area contributed by atoms with Gasteiger partial charge < -0.3 is 0 Å². The third-order valence-corrected chi connectivity index (χ3v) is 2.89. The van der Waals surface area contributed by atoms with Crippen LogP contribution < -0.4 is 0 Å². The van der Waals surface area contributed by atoms with Crippen molar-refractivity contribution < 1.29 is 62.3 Å². The van der Waals surface area contributed by atoms with Crippen molar-refractivity contribution in [1.29, 1.82) is 0 Å². The van der Waals surface area contributed by atoms with E-state index in [1.54, 1.807) is 0 Å². The molecule has 150 valence electrons. The molecule has 0 aromatic heterocycles. The Hall–Kier alpha value is -2.08. The second-order valence-corrected chi connectivity index (χ2v) is 4.58. The summed E-state index contributed by atoms with van der Waals surface area (Å²) in [6.45, 7) is -4.95. The summed E-state index contributed by atoms with van der Waals surface area (Å²) in [4.78, 5) is 23.6. The summed E-state index contributed by atoms with van der Waals surface area (Å²) in [5, 5.41) is 0. The van der Waals surface area contributed by atoms with Crippen molar-refractivity contribution >= 4 is 12.2 Å². The zero-order valence-corrected chi connectivity index (χ0v) is 11.7. The fourth-order valence-electron chi connectivity index (χ4n) is 1.42. The average Bonchev–Trinajstić information content (AvgIpc) is 2.48. The Bertz CT molecular complexity index is 596. The van der Waals surface area contributed by atoms with Crippen LogP contribution in [0, 0.1) is 0 Å². The van der Waals surface area contributed by atoms with E-state index < -0.39 is 48.6 Å². The van der Waals surface area contributed by atoms with Crippen LogP contribution in [0.1, 0.15) is 0 Å². The van der Waals surface area contributed by atoms with Crippen LogP contribution in [-0.2, 0) is 9.59 Å². The average molecular weight is 412 g/mol. The molecule has 0 aromatic rings. The molecule has 26 heavy (non-hydrogen) atoms. The van der Waals surface area contributed by atoms with Crippen LogP contribution in [0.3, 0.4) is 0 Å². The van der Waals surface area contributed by atoms with Gasteiger partial charge in [0, 0.05) is 0 Å². The maximum Gasteiger partial charge on any atom is 0.460 e. The number of isocyanates is 2. The van der Waals surface area contributed by atoms with E-state index >= 15 is 0 Å². The summed E-state index contributed by atoms with van der Waals surface area (Å²) in [5.74, 6) is -30.3. The first-order valence-electron chi connectivity index (χ1n) is 5.71. The lowest BCUT2D eigenvalue weighted by molar-refractivity contribution is -0.431.